The van der Waals surface area contributed by atoms with E-state index in [9.17, 15) is 4.39 Å². The van der Waals surface area contributed by atoms with Crippen LogP contribution >= 0.6 is 0 Å². The van der Waals surface area contributed by atoms with E-state index in [-0.39, 0.29) is 0 Å². The van der Waals surface area contributed by atoms with Crippen LogP contribution < -0.4 is 0 Å². The van der Waals surface area contributed by atoms with Crippen LogP contribution in [0.15, 0.2) is 34.9 Å². The summed E-state index contributed by atoms with van der Waals surface area (Å²) in [6.45, 7) is 3.30. The van der Waals surface area contributed by atoms with Crippen molar-refractivity contribution < 1.29 is 8.81 Å². The molecule has 2 rings (SSSR count). The molecule has 0 aliphatic carbocycles. The van der Waals surface area contributed by atoms with Gasteiger partial charge in [-0.05, 0) is 13.0 Å². The molecule has 1 aromatic heterocycles. The highest BCUT2D eigenvalue weighted by molar-refractivity contribution is 5.81. The minimum absolute atomic E-state index is 0.519. The van der Waals surface area contributed by atoms with Crippen molar-refractivity contribution in [2.45, 2.75) is 6.17 Å². The maximum atomic E-state index is 12.8. The second kappa shape index (κ2) is 2.63. The van der Waals surface area contributed by atoms with E-state index in [1.807, 2.05) is 18.2 Å². The minimum Gasteiger partial charge on any atom is -0.464 e. The van der Waals surface area contributed by atoms with Crippen LogP contribution in [0, 0.1) is 6.92 Å². The summed E-state index contributed by atoms with van der Waals surface area (Å²) in [7, 11) is 0. The first-order valence-electron chi connectivity index (χ1n) is 3.72. The molecule has 1 heterocycles. The Bertz CT molecular complexity index is 389. The van der Waals surface area contributed by atoms with Crippen LogP contribution in [-0.4, -0.2) is 0 Å². The molecule has 1 nitrogen and oxygen atoms in total. The van der Waals surface area contributed by atoms with Gasteiger partial charge in [-0.3, -0.25) is 0 Å². The normalized spacial score (nSPS) is 13.5. The van der Waals surface area contributed by atoms with Crippen molar-refractivity contribution in [1.82, 2.24) is 0 Å². The quantitative estimate of drug-likeness (QED) is 0.628. The van der Waals surface area contributed by atoms with Gasteiger partial charge >= 0.3 is 0 Å². The van der Waals surface area contributed by atoms with Gasteiger partial charge in [-0.25, -0.2) is 4.39 Å². The van der Waals surface area contributed by atoms with Crippen molar-refractivity contribution >= 4 is 11.0 Å². The van der Waals surface area contributed by atoms with Crippen molar-refractivity contribution in [3.8, 4) is 0 Å². The maximum absolute atomic E-state index is 12.8. The molecule has 0 amide bonds. The Kier molecular flexibility index (Phi) is 1.61. The van der Waals surface area contributed by atoms with Crippen molar-refractivity contribution in [3.63, 3.8) is 0 Å². The number of benzene rings is 1. The number of alkyl halides is 1. The fourth-order valence-electron chi connectivity index (χ4n) is 1.24. The van der Waals surface area contributed by atoms with Crippen molar-refractivity contribution in [2.75, 3.05) is 0 Å². The standard InChI is InChI=1S/C10H8FO/c1-7(11)9-6-12-10-5-3-2-4-8(9)10/h2-7H,1H2. The Morgan fingerprint density at radius 2 is 2.08 bits per heavy atom. The van der Waals surface area contributed by atoms with Crippen LogP contribution in [0.25, 0.3) is 11.0 Å². The fraction of sp³-hybridized carbons (Fsp3) is 0.100. The lowest BCUT2D eigenvalue weighted by molar-refractivity contribution is 0.409. The molecular weight excluding hydrogens is 155 g/mol. The molecule has 61 valence electrons. The Labute approximate surface area is 69.8 Å². The molecule has 0 saturated carbocycles. The summed E-state index contributed by atoms with van der Waals surface area (Å²) in [6, 6.07) is 7.34. The number of hydrogen-bond donors (Lipinski definition) is 0. The second-order valence-corrected chi connectivity index (χ2v) is 2.65. The number of furan rings is 1. The Morgan fingerprint density at radius 1 is 1.33 bits per heavy atom. The highest BCUT2D eigenvalue weighted by Gasteiger charge is 2.10. The summed E-state index contributed by atoms with van der Waals surface area (Å²) in [4.78, 5) is 0. The molecule has 0 fully saturated rings. The first kappa shape index (κ1) is 7.35. The second-order valence-electron chi connectivity index (χ2n) is 2.65. The fourth-order valence-corrected chi connectivity index (χ4v) is 1.24. The molecule has 0 N–H and O–H groups in total. The molecule has 1 unspecified atom stereocenters. The van der Waals surface area contributed by atoms with Gasteiger partial charge in [0.1, 0.15) is 11.8 Å². The molecule has 1 radical (unpaired) electrons. The van der Waals surface area contributed by atoms with Crippen molar-refractivity contribution in [1.29, 1.82) is 0 Å². The van der Waals surface area contributed by atoms with Gasteiger partial charge < -0.3 is 4.42 Å². The van der Waals surface area contributed by atoms with Gasteiger partial charge in [-0.15, -0.1) is 0 Å². The number of halogens is 1. The molecule has 0 aliphatic heterocycles. The van der Waals surface area contributed by atoms with E-state index in [1.54, 1.807) is 6.07 Å². The number of hydrogen-bond acceptors (Lipinski definition) is 1. The van der Waals surface area contributed by atoms with E-state index in [0.29, 0.717) is 11.1 Å². The van der Waals surface area contributed by atoms with Gasteiger partial charge in [0, 0.05) is 10.9 Å². The summed E-state index contributed by atoms with van der Waals surface area (Å²) in [5, 5.41) is 0.806. The third-order valence-electron chi connectivity index (χ3n) is 1.85. The van der Waals surface area contributed by atoms with E-state index >= 15 is 0 Å². The molecule has 1 atom stereocenters. The maximum Gasteiger partial charge on any atom is 0.134 e. The first-order valence-corrected chi connectivity index (χ1v) is 3.72. The molecule has 0 spiro atoms. The monoisotopic (exact) mass is 163 g/mol. The minimum atomic E-state index is -1.21. The third-order valence-corrected chi connectivity index (χ3v) is 1.85. The molecule has 12 heavy (non-hydrogen) atoms. The van der Waals surface area contributed by atoms with Gasteiger partial charge in [0.25, 0.3) is 0 Å². The average Bonchev–Trinajstić information content (AvgIpc) is 2.47. The molecule has 0 saturated heterocycles. The average molecular weight is 163 g/mol. The van der Waals surface area contributed by atoms with E-state index in [0.717, 1.165) is 5.39 Å². The largest absolute Gasteiger partial charge is 0.464 e. The van der Waals surface area contributed by atoms with Crippen LogP contribution in [-0.2, 0) is 0 Å². The summed E-state index contributed by atoms with van der Waals surface area (Å²) in [5.41, 5.74) is 1.23. The van der Waals surface area contributed by atoms with Gasteiger partial charge in [0.05, 0.1) is 6.26 Å². The van der Waals surface area contributed by atoms with Crippen LogP contribution in [0.3, 0.4) is 0 Å². The number of rotatable bonds is 1. The molecule has 2 heteroatoms. The zero-order valence-electron chi connectivity index (χ0n) is 6.46. The topological polar surface area (TPSA) is 13.1 Å². The summed E-state index contributed by atoms with van der Waals surface area (Å²) in [5.74, 6) is 0. The Hall–Kier alpha value is -1.31. The lowest BCUT2D eigenvalue weighted by atomic mass is 10.1. The van der Waals surface area contributed by atoms with E-state index in [2.05, 4.69) is 6.92 Å². The smallest absolute Gasteiger partial charge is 0.134 e. The molecule has 0 bridgehead atoms. The van der Waals surface area contributed by atoms with Crippen LogP contribution in [0.4, 0.5) is 4.39 Å². The van der Waals surface area contributed by atoms with E-state index in [1.165, 1.54) is 6.26 Å². The van der Waals surface area contributed by atoms with Crippen molar-refractivity contribution in [3.05, 3.63) is 43.0 Å². The Balaban J connectivity index is 2.70. The highest BCUT2D eigenvalue weighted by Crippen LogP contribution is 2.27. The number of para-hydroxylation sites is 1. The third kappa shape index (κ3) is 0.998. The predicted octanol–water partition coefficient (Wildman–Crippen LogP) is 3.28. The zero-order chi connectivity index (χ0) is 8.55. The van der Waals surface area contributed by atoms with Crippen LogP contribution in [0.5, 0.6) is 0 Å². The summed E-state index contributed by atoms with van der Waals surface area (Å²) >= 11 is 0. The summed E-state index contributed by atoms with van der Waals surface area (Å²) < 4.78 is 18.0. The van der Waals surface area contributed by atoms with Gasteiger partial charge in [-0.1, -0.05) is 18.2 Å². The lowest BCUT2D eigenvalue weighted by Gasteiger charge is -1.95. The molecule has 2 aromatic rings. The molecule has 0 aliphatic rings. The van der Waals surface area contributed by atoms with E-state index < -0.39 is 6.17 Å². The number of fused-ring (bicyclic) bond motifs is 1. The van der Waals surface area contributed by atoms with Crippen LogP contribution in [0.1, 0.15) is 11.7 Å². The van der Waals surface area contributed by atoms with Gasteiger partial charge in [0.2, 0.25) is 0 Å². The predicted molar refractivity (Wildman–Crippen MR) is 45.4 cm³/mol. The SMILES string of the molecule is [CH2]C(F)c1coc2ccccc12. The summed E-state index contributed by atoms with van der Waals surface area (Å²) in [6.07, 6.45) is 0.205. The van der Waals surface area contributed by atoms with Gasteiger partial charge in [0.15, 0.2) is 0 Å². The highest BCUT2D eigenvalue weighted by atomic mass is 19.1. The molecule has 1 aromatic carbocycles. The van der Waals surface area contributed by atoms with Gasteiger partial charge in [-0.2, -0.15) is 0 Å². The molecular formula is C10H8FO. The van der Waals surface area contributed by atoms with Crippen LogP contribution in [0.2, 0.25) is 0 Å². The van der Waals surface area contributed by atoms with E-state index in [4.69, 9.17) is 4.42 Å². The lowest BCUT2D eigenvalue weighted by Crippen LogP contribution is -1.81. The Morgan fingerprint density at radius 3 is 2.83 bits per heavy atom. The first-order chi connectivity index (χ1) is 5.79. The zero-order valence-corrected chi connectivity index (χ0v) is 6.46. The van der Waals surface area contributed by atoms with Crippen molar-refractivity contribution in [2.24, 2.45) is 0 Å².